The van der Waals surface area contributed by atoms with E-state index in [0.717, 1.165) is 0 Å². The molecule has 1 nitrogen and oxygen atoms in total. The van der Waals surface area contributed by atoms with Gasteiger partial charge in [0, 0.05) is 11.6 Å². The number of aromatic nitrogens is 1. The van der Waals surface area contributed by atoms with E-state index in [2.05, 4.69) is 4.98 Å². The Balaban J connectivity index is 3.28. The average Bonchev–Trinajstić information content (AvgIpc) is 1.96. The molecule has 0 bridgehead atoms. The maximum Gasteiger partial charge on any atom is 0.265 e. The monoisotopic (exact) mass is 215 g/mol. The van der Waals surface area contributed by atoms with Crippen LogP contribution in [0.1, 0.15) is 12.0 Å². The second-order valence-electron chi connectivity index (χ2n) is 1.94. The molecule has 12 heavy (non-hydrogen) atoms. The van der Waals surface area contributed by atoms with E-state index >= 15 is 0 Å². The van der Waals surface area contributed by atoms with E-state index in [1.165, 1.54) is 0 Å². The Hall–Kier alpha value is -0.480. The highest BCUT2D eigenvalue weighted by Gasteiger charge is 2.16. The second kappa shape index (κ2) is 3.49. The smallest absolute Gasteiger partial charge is 0.206 e. The first kappa shape index (κ1) is 9.61. The standard InChI is InChI=1S/C6H2Cl2F3N/c7-4-2(6(10)11)1-3(9)12-5(4)8/h1,6H. The molecule has 66 valence electrons. The molecule has 0 saturated carbocycles. The fourth-order valence-electron chi connectivity index (χ4n) is 0.645. The van der Waals surface area contributed by atoms with Crippen molar-refractivity contribution in [2.75, 3.05) is 0 Å². The molecule has 1 aromatic rings. The van der Waals surface area contributed by atoms with Crippen LogP contribution in [-0.2, 0) is 0 Å². The summed E-state index contributed by atoms with van der Waals surface area (Å²) in [5.41, 5.74) is -0.644. The molecule has 0 spiro atoms. The Labute approximate surface area is 76.1 Å². The van der Waals surface area contributed by atoms with Gasteiger partial charge in [-0.05, 0) is 0 Å². The summed E-state index contributed by atoms with van der Waals surface area (Å²) in [4.78, 5) is 3.05. The third kappa shape index (κ3) is 1.81. The molecule has 0 fully saturated rings. The van der Waals surface area contributed by atoms with Crippen molar-refractivity contribution in [1.29, 1.82) is 0 Å². The molecule has 0 amide bonds. The van der Waals surface area contributed by atoms with Crippen LogP contribution in [0.4, 0.5) is 13.2 Å². The fourth-order valence-corrected chi connectivity index (χ4v) is 1.01. The molecule has 0 aliphatic carbocycles. The summed E-state index contributed by atoms with van der Waals surface area (Å²) in [7, 11) is 0. The molecule has 0 saturated heterocycles. The highest BCUT2D eigenvalue weighted by atomic mass is 35.5. The van der Waals surface area contributed by atoms with Gasteiger partial charge >= 0.3 is 0 Å². The number of rotatable bonds is 1. The minimum absolute atomic E-state index is 0.409. The number of nitrogens with zero attached hydrogens (tertiary/aromatic N) is 1. The predicted molar refractivity (Wildman–Crippen MR) is 39.2 cm³/mol. The fraction of sp³-hybridized carbons (Fsp3) is 0.167. The summed E-state index contributed by atoms with van der Waals surface area (Å²) in [5, 5.41) is -0.861. The third-order valence-electron chi connectivity index (χ3n) is 1.15. The first-order valence-electron chi connectivity index (χ1n) is 2.82. The van der Waals surface area contributed by atoms with Crippen LogP contribution in [0, 0.1) is 5.95 Å². The molecule has 0 aliphatic rings. The van der Waals surface area contributed by atoms with Crippen molar-refractivity contribution >= 4 is 23.2 Å². The zero-order chi connectivity index (χ0) is 9.30. The molecular weight excluding hydrogens is 214 g/mol. The van der Waals surface area contributed by atoms with Crippen molar-refractivity contribution in [2.24, 2.45) is 0 Å². The lowest BCUT2D eigenvalue weighted by Gasteiger charge is -2.03. The van der Waals surface area contributed by atoms with Crippen LogP contribution >= 0.6 is 23.2 Å². The average molecular weight is 216 g/mol. The van der Waals surface area contributed by atoms with Crippen LogP contribution in [-0.4, -0.2) is 4.98 Å². The van der Waals surface area contributed by atoms with Gasteiger partial charge in [-0.1, -0.05) is 23.2 Å². The van der Waals surface area contributed by atoms with E-state index in [-0.39, 0.29) is 0 Å². The van der Waals surface area contributed by atoms with Gasteiger partial charge in [-0.15, -0.1) is 0 Å². The summed E-state index contributed by atoms with van der Waals surface area (Å²) >= 11 is 10.6. The first-order valence-corrected chi connectivity index (χ1v) is 3.57. The molecule has 0 aliphatic heterocycles. The SMILES string of the molecule is Fc1cc(C(F)F)c(Cl)c(Cl)n1. The molecule has 0 aromatic carbocycles. The zero-order valence-corrected chi connectivity index (χ0v) is 7.00. The first-order chi connectivity index (χ1) is 5.52. The maximum atomic E-state index is 12.4. The van der Waals surface area contributed by atoms with E-state index in [4.69, 9.17) is 23.2 Å². The van der Waals surface area contributed by atoms with Crippen LogP contribution in [0.15, 0.2) is 6.07 Å². The summed E-state index contributed by atoms with van der Waals surface area (Å²) < 4.78 is 36.5. The number of alkyl halides is 2. The molecular formula is C6H2Cl2F3N. The molecule has 6 heteroatoms. The number of hydrogen-bond acceptors (Lipinski definition) is 1. The highest BCUT2D eigenvalue weighted by molar-refractivity contribution is 6.41. The lowest BCUT2D eigenvalue weighted by Crippen LogP contribution is -1.92. The van der Waals surface area contributed by atoms with Gasteiger partial charge in [-0.2, -0.15) is 4.39 Å². The van der Waals surface area contributed by atoms with E-state index in [9.17, 15) is 13.2 Å². The van der Waals surface area contributed by atoms with Gasteiger partial charge in [0.2, 0.25) is 5.95 Å². The zero-order valence-electron chi connectivity index (χ0n) is 5.49. The highest BCUT2D eigenvalue weighted by Crippen LogP contribution is 2.31. The molecule has 1 aromatic heterocycles. The van der Waals surface area contributed by atoms with Crippen molar-refractivity contribution < 1.29 is 13.2 Å². The van der Waals surface area contributed by atoms with Crippen LogP contribution < -0.4 is 0 Å². The van der Waals surface area contributed by atoms with E-state index in [1.54, 1.807) is 0 Å². The Kier molecular flexibility index (Phi) is 2.80. The maximum absolute atomic E-state index is 12.4. The Morgan fingerprint density at radius 3 is 2.42 bits per heavy atom. The molecule has 0 atom stereocenters. The van der Waals surface area contributed by atoms with Gasteiger partial charge in [0.1, 0.15) is 0 Å². The normalized spacial score (nSPS) is 10.8. The molecule has 0 N–H and O–H groups in total. The Bertz CT molecular complexity index is 303. The van der Waals surface area contributed by atoms with Crippen LogP contribution in [0.25, 0.3) is 0 Å². The van der Waals surface area contributed by atoms with Gasteiger partial charge in [0.05, 0.1) is 5.02 Å². The topological polar surface area (TPSA) is 12.9 Å². The summed E-state index contributed by atoms with van der Waals surface area (Å²) in [6.07, 6.45) is -2.85. The molecule has 1 heterocycles. The van der Waals surface area contributed by atoms with Crippen molar-refractivity contribution in [3.63, 3.8) is 0 Å². The number of pyridine rings is 1. The number of hydrogen-bond donors (Lipinski definition) is 0. The van der Waals surface area contributed by atoms with E-state index in [0.29, 0.717) is 6.07 Å². The van der Waals surface area contributed by atoms with Crippen molar-refractivity contribution in [1.82, 2.24) is 4.98 Å². The molecule has 1 rings (SSSR count). The summed E-state index contributed by atoms with van der Waals surface area (Å²) in [6, 6.07) is 0.554. The summed E-state index contributed by atoms with van der Waals surface area (Å²) in [6.45, 7) is 0. The predicted octanol–water partition coefficient (Wildman–Crippen LogP) is 3.47. The largest absolute Gasteiger partial charge is 0.265 e. The van der Waals surface area contributed by atoms with Gasteiger partial charge in [-0.25, -0.2) is 13.8 Å². The van der Waals surface area contributed by atoms with Crippen molar-refractivity contribution in [3.8, 4) is 0 Å². The quantitative estimate of drug-likeness (QED) is 0.655. The van der Waals surface area contributed by atoms with Gasteiger partial charge in [0.15, 0.2) is 5.15 Å². The molecule has 0 radical (unpaired) electrons. The van der Waals surface area contributed by atoms with Crippen LogP contribution in [0.2, 0.25) is 10.2 Å². The second-order valence-corrected chi connectivity index (χ2v) is 2.68. The van der Waals surface area contributed by atoms with Crippen LogP contribution in [0.3, 0.4) is 0 Å². The molecule has 0 unspecified atom stereocenters. The number of halogens is 5. The Morgan fingerprint density at radius 2 is 1.92 bits per heavy atom. The van der Waals surface area contributed by atoms with Gasteiger partial charge in [0.25, 0.3) is 6.43 Å². The lowest BCUT2D eigenvalue weighted by molar-refractivity contribution is 0.151. The van der Waals surface area contributed by atoms with Gasteiger partial charge in [-0.3, -0.25) is 0 Å². The van der Waals surface area contributed by atoms with Crippen molar-refractivity contribution in [2.45, 2.75) is 6.43 Å². The van der Waals surface area contributed by atoms with Crippen LogP contribution in [0.5, 0.6) is 0 Å². The third-order valence-corrected chi connectivity index (χ3v) is 1.92. The van der Waals surface area contributed by atoms with E-state index < -0.39 is 28.1 Å². The Morgan fingerprint density at radius 1 is 1.33 bits per heavy atom. The van der Waals surface area contributed by atoms with Crippen molar-refractivity contribution in [3.05, 3.63) is 27.8 Å². The minimum atomic E-state index is -2.85. The lowest BCUT2D eigenvalue weighted by atomic mass is 10.3. The van der Waals surface area contributed by atoms with E-state index in [1.807, 2.05) is 0 Å². The van der Waals surface area contributed by atoms with Gasteiger partial charge < -0.3 is 0 Å². The summed E-state index contributed by atoms with van der Waals surface area (Å²) in [5.74, 6) is -1.07. The minimum Gasteiger partial charge on any atom is -0.206 e.